The second-order valence-corrected chi connectivity index (χ2v) is 5.78. The lowest BCUT2D eigenvalue weighted by Gasteiger charge is -2.36. The summed E-state index contributed by atoms with van der Waals surface area (Å²) in [7, 11) is 1.74. The van der Waals surface area contributed by atoms with Gasteiger partial charge in [0.25, 0.3) is 0 Å². The summed E-state index contributed by atoms with van der Waals surface area (Å²) in [5.74, 6) is 1.03. The van der Waals surface area contributed by atoms with E-state index in [2.05, 4.69) is 65.3 Å². The zero-order chi connectivity index (χ0) is 16.1. The van der Waals surface area contributed by atoms with Crippen molar-refractivity contribution in [3.8, 4) is 0 Å². The van der Waals surface area contributed by atoms with Crippen molar-refractivity contribution in [3.05, 3.63) is 65.7 Å². The van der Waals surface area contributed by atoms with E-state index in [0.717, 1.165) is 31.2 Å². The van der Waals surface area contributed by atoms with E-state index < -0.39 is 0 Å². The van der Waals surface area contributed by atoms with Gasteiger partial charge in [0.15, 0.2) is 0 Å². The van der Waals surface area contributed by atoms with Crippen LogP contribution in [0.3, 0.4) is 0 Å². The Hall–Kier alpha value is -2.17. The van der Waals surface area contributed by atoms with Gasteiger partial charge in [0.05, 0.1) is 19.9 Å². The maximum absolute atomic E-state index is 5.21. The number of methoxy groups -OCH3 is 1. The number of nitrogens with zero attached hydrogens (tertiary/aromatic N) is 3. The van der Waals surface area contributed by atoms with Crippen molar-refractivity contribution in [3.63, 3.8) is 0 Å². The van der Waals surface area contributed by atoms with Gasteiger partial charge in [0.1, 0.15) is 5.84 Å². The third-order valence-corrected chi connectivity index (χ3v) is 3.97. The van der Waals surface area contributed by atoms with Crippen molar-refractivity contribution in [1.29, 1.82) is 0 Å². The summed E-state index contributed by atoms with van der Waals surface area (Å²) in [6.07, 6.45) is 0. The highest BCUT2D eigenvalue weighted by Gasteiger charge is 2.23. The minimum absolute atomic E-state index is 0.704. The Balaban J connectivity index is 1.93. The number of aryl methyl sites for hydroxylation is 1. The van der Waals surface area contributed by atoms with E-state index in [1.807, 2.05) is 6.07 Å². The van der Waals surface area contributed by atoms with Crippen molar-refractivity contribution >= 4 is 11.5 Å². The largest absolute Gasteiger partial charge is 0.383 e. The van der Waals surface area contributed by atoms with Crippen LogP contribution >= 0.6 is 0 Å². The molecule has 0 fully saturated rings. The summed E-state index contributed by atoms with van der Waals surface area (Å²) in [5.41, 5.74) is 3.58. The summed E-state index contributed by atoms with van der Waals surface area (Å²) in [5, 5.41) is 0. The number of hydrogen-bond donors (Lipinski definition) is 0. The maximum Gasteiger partial charge on any atom is 0.137 e. The van der Waals surface area contributed by atoms with E-state index in [-0.39, 0.29) is 0 Å². The van der Waals surface area contributed by atoms with Crippen LogP contribution in [-0.2, 0) is 4.74 Å². The molecule has 0 aromatic heterocycles. The molecule has 3 rings (SSSR count). The van der Waals surface area contributed by atoms with Crippen LogP contribution in [0.25, 0.3) is 0 Å². The zero-order valence-corrected chi connectivity index (χ0v) is 13.8. The molecule has 23 heavy (non-hydrogen) atoms. The van der Waals surface area contributed by atoms with Gasteiger partial charge in [-0.2, -0.15) is 0 Å². The average Bonchev–Trinajstić information content (AvgIpc) is 2.60. The van der Waals surface area contributed by atoms with Gasteiger partial charge in [-0.25, -0.2) is 0 Å². The summed E-state index contributed by atoms with van der Waals surface area (Å²) >= 11 is 0. The van der Waals surface area contributed by atoms with E-state index in [9.17, 15) is 0 Å². The van der Waals surface area contributed by atoms with Gasteiger partial charge in [0.2, 0.25) is 0 Å². The highest BCUT2D eigenvalue weighted by Crippen LogP contribution is 2.22. The lowest BCUT2D eigenvalue weighted by atomic mass is 10.1. The standard InChI is InChI=1S/C19H23N3O/c1-16-7-6-10-18(13-16)22-15-21(11-12-23-2)14-20-19(22)17-8-4-3-5-9-17/h3-10,13H,11-12,14-15H2,1-2H3. The topological polar surface area (TPSA) is 28.1 Å². The number of aliphatic imine (C=N–C) groups is 1. The molecule has 0 amide bonds. The first kappa shape index (κ1) is 15.7. The van der Waals surface area contributed by atoms with Gasteiger partial charge >= 0.3 is 0 Å². The third-order valence-electron chi connectivity index (χ3n) is 3.97. The SMILES string of the molecule is COCCN1CN=C(c2ccccc2)N(c2cccc(C)c2)C1. The van der Waals surface area contributed by atoms with Gasteiger partial charge in [0, 0.05) is 24.9 Å². The Labute approximate surface area is 138 Å². The smallest absolute Gasteiger partial charge is 0.137 e. The predicted molar refractivity (Wildman–Crippen MR) is 95.0 cm³/mol. The van der Waals surface area contributed by atoms with Crippen LogP contribution in [0.5, 0.6) is 0 Å². The number of hydrogen-bond acceptors (Lipinski definition) is 4. The lowest BCUT2D eigenvalue weighted by molar-refractivity contribution is 0.149. The average molecular weight is 309 g/mol. The molecule has 0 saturated heterocycles. The highest BCUT2D eigenvalue weighted by atomic mass is 16.5. The number of anilines is 1. The fraction of sp³-hybridized carbons (Fsp3) is 0.316. The summed E-state index contributed by atoms with van der Waals surface area (Å²) in [4.78, 5) is 9.40. The monoisotopic (exact) mass is 309 g/mol. The van der Waals surface area contributed by atoms with Gasteiger partial charge in [-0.3, -0.25) is 9.89 Å². The Kier molecular flexibility index (Phi) is 5.05. The van der Waals surface area contributed by atoms with Crippen LogP contribution in [0.15, 0.2) is 59.6 Å². The fourth-order valence-electron chi connectivity index (χ4n) is 2.76. The first-order valence-corrected chi connectivity index (χ1v) is 7.93. The molecule has 1 heterocycles. The van der Waals surface area contributed by atoms with Crippen LogP contribution in [0.4, 0.5) is 5.69 Å². The lowest BCUT2D eigenvalue weighted by Crippen LogP contribution is -2.47. The molecule has 4 heteroatoms. The molecule has 0 spiro atoms. The molecule has 1 aliphatic rings. The zero-order valence-electron chi connectivity index (χ0n) is 13.8. The number of rotatable bonds is 5. The highest BCUT2D eigenvalue weighted by molar-refractivity contribution is 6.10. The molecular formula is C19H23N3O. The van der Waals surface area contributed by atoms with Crippen molar-refractivity contribution in [2.24, 2.45) is 4.99 Å². The molecule has 0 saturated carbocycles. The quantitative estimate of drug-likeness (QED) is 0.849. The van der Waals surface area contributed by atoms with Crippen LogP contribution in [-0.4, -0.2) is 44.3 Å². The molecule has 0 atom stereocenters. The molecule has 0 aliphatic carbocycles. The molecule has 0 N–H and O–H groups in total. The molecule has 120 valence electrons. The second kappa shape index (κ2) is 7.40. The molecule has 2 aromatic rings. The van der Waals surface area contributed by atoms with Crippen molar-refractivity contribution in [1.82, 2.24) is 4.90 Å². The number of amidine groups is 1. The van der Waals surface area contributed by atoms with Crippen LogP contribution in [0.1, 0.15) is 11.1 Å². The van der Waals surface area contributed by atoms with E-state index in [1.165, 1.54) is 11.3 Å². The van der Waals surface area contributed by atoms with E-state index in [4.69, 9.17) is 9.73 Å². The number of ether oxygens (including phenoxy) is 1. The minimum Gasteiger partial charge on any atom is -0.383 e. The summed E-state index contributed by atoms with van der Waals surface area (Å²) in [6.45, 7) is 5.24. The molecule has 2 aromatic carbocycles. The minimum atomic E-state index is 0.704. The van der Waals surface area contributed by atoms with Gasteiger partial charge in [-0.15, -0.1) is 0 Å². The Morgan fingerprint density at radius 2 is 1.91 bits per heavy atom. The molecule has 0 bridgehead atoms. The summed E-state index contributed by atoms with van der Waals surface area (Å²) < 4.78 is 5.21. The molecular weight excluding hydrogens is 286 g/mol. The van der Waals surface area contributed by atoms with Crippen molar-refractivity contribution in [2.75, 3.05) is 38.5 Å². The molecule has 1 aliphatic heterocycles. The van der Waals surface area contributed by atoms with Crippen molar-refractivity contribution in [2.45, 2.75) is 6.92 Å². The second-order valence-electron chi connectivity index (χ2n) is 5.78. The Morgan fingerprint density at radius 3 is 2.65 bits per heavy atom. The molecule has 0 unspecified atom stereocenters. The first-order valence-electron chi connectivity index (χ1n) is 7.93. The molecule has 4 nitrogen and oxygen atoms in total. The van der Waals surface area contributed by atoms with E-state index in [1.54, 1.807) is 7.11 Å². The Bertz CT molecular complexity index is 669. The van der Waals surface area contributed by atoms with Crippen LogP contribution in [0, 0.1) is 6.92 Å². The van der Waals surface area contributed by atoms with Crippen molar-refractivity contribution < 1.29 is 4.74 Å². The van der Waals surface area contributed by atoms with Crippen LogP contribution < -0.4 is 4.90 Å². The first-order chi connectivity index (χ1) is 11.3. The van der Waals surface area contributed by atoms with Crippen LogP contribution in [0.2, 0.25) is 0 Å². The third kappa shape index (κ3) is 3.78. The fourth-order valence-corrected chi connectivity index (χ4v) is 2.76. The van der Waals surface area contributed by atoms with Gasteiger partial charge in [-0.1, -0.05) is 42.5 Å². The van der Waals surface area contributed by atoms with Gasteiger partial charge in [-0.05, 0) is 24.6 Å². The van der Waals surface area contributed by atoms with E-state index >= 15 is 0 Å². The predicted octanol–water partition coefficient (Wildman–Crippen LogP) is 3.13. The normalized spacial score (nSPS) is 15.6. The Morgan fingerprint density at radius 1 is 1.09 bits per heavy atom. The number of benzene rings is 2. The van der Waals surface area contributed by atoms with Gasteiger partial charge < -0.3 is 9.64 Å². The van der Waals surface area contributed by atoms with E-state index in [0.29, 0.717) is 6.67 Å². The molecule has 0 radical (unpaired) electrons. The summed E-state index contributed by atoms with van der Waals surface area (Å²) in [6, 6.07) is 19.0. The maximum atomic E-state index is 5.21.